The Morgan fingerprint density at radius 2 is 1.93 bits per heavy atom. The molecule has 0 saturated carbocycles. The molecule has 8 heteroatoms. The molecule has 1 aliphatic heterocycles. The molecule has 0 fully saturated rings. The summed E-state index contributed by atoms with van der Waals surface area (Å²) in [5.74, 6) is 0.165. The molecule has 0 spiro atoms. The summed E-state index contributed by atoms with van der Waals surface area (Å²) in [6, 6.07) is 11.6. The second-order valence-electron chi connectivity index (χ2n) is 5.93. The predicted octanol–water partition coefficient (Wildman–Crippen LogP) is 2.19. The standard InChI is InChI=1S/C19H19NO6S/c1-12(13-7-8-15-16(9-13)26-11-25-15)20-18(21)10-24-19(22)14-5-3-4-6-17(14)27(2)23/h3-9,12H,10-11H2,1-2H3,(H,20,21)/t12-,27+/m1/s1. The van der Waals surface area contributed by atoms with Crippen molar-refractivity contribution in [3.8, 4) is 11.5 Å². The van der Waals surface area contributed by atoms with Gasteiger partial charge in [0.2, 0.25) is 6.79 Å². The van der Waals surface area contributed by atoms with Crippen molar-refractivity contribution in [2.24, 2.45) is 0 Å². The highest BCUT2D eigenvalue weighted by atomic mass is 32.2. The van der Waals surface area contributed by atoms with Crippen molar-refractivity contribution in [3.63, 3.8) is 0 Å². The summed E-state index contributed by atoms with van der Waals surface area (Å²) in [6.45, 7) is 1.56. The van der Waals surface area contributed by atoms with E-state index in [1.165, 1.54) is 12.3 Å². The molecule has 0 saturated heterocycles. The SMILES string of the molecule is C[C@@H](NC(=O)COC(=O)c1ccccc1[S@](C)=O)c1ccc2c(c1)OCO2. The Morgan fingerprint density at radius 3 is 2.70 bits per heavy atom. The predicted molar refractivity (Wildman–Crippen MR) is 98.2 cm³/mol. The number of nitrogens with one attached hydrogen (secondary N) is 1. The Labute approximate surface area is 159 Å². The van der Waals surface area contributed by atoms with Crippen LogP contribution in [0.4, 0.5) is 0 Å². The smallest absolute Gasteiger partial charge is 0.339 e. The van der Waals surface area contributed by atoms with E-state index in [4.69, 9.17) is 14.2 Å². The third-order valence-electron chi connectivity index (χ3n) is 4.03. The number of benzene rings is 2. The number of carbonyl (C=O) groups excluding carboxylic acids is 2. The molecule has 1 N–H and O–H groups in total. The molecule has 0 aromatic heterocycles. The molecule has 2 aromatic carbocycles. The van der Waals surface area contributed by atoms with Crippen LogP contribution >= 0.6 is 0 Å². The molecule has 0 aliphatic carbocycles. The highest BCUT2D eigenvalue weighted by molar-refractivity contribution is 7.84. The number of fused-ring (bicyclic) bond motifs is 1. The molecule has 0 radical (unpaired) electrons. The molecule has 1 heterocycles. The van der Waals surface area contributed by atoms with E-state index in [1.807, 2.05) is 13.0 Å². The first-order valence-electron chi connectivity index (χ1n) is 8.24. The molecule has 2 aromatic rings. The largest absolute Gasteiger partial charge is 0.454 e. The molecule has 27 heavy (non-hydrogen) atoms. The summed E-state index contributed by atoms with van der Waals surface area (Å²) in [6.07, 6.45) is 1.48. The third kappa shape index (κ3) is 4.46. The Bertz CT molecular complexity index is 898. The lowest BCUT2D eigenvalue weighted by molar-refractivity contribution is -0.124. The molecule has 1 amide bonds. The summed E-state index contributed by atoms with van der Waals surface area (Å²) in [5.41, 5.74) is 1.03. The molecule has 1 aliphatic rings. The number of esters is 1. The van der Waals surface area contributed by atoms with Crippen molar-refractivity contribution < 1.29 is 28.0 Å². The van der Waals surface area contributed by atoms with Crippen LogP contribution in [0.3, 0.4) is 0 Å². The maximum absolute atomic E-state index is 12.2. The second kappa shape index (κ2) is 8.22. The quantitative estimate of drug-likeness (QED) is 0.762. The van der Waals surface area contributed by atoms with Crippen LogP contribution in [0.2, 0.25) is 0 Å². The van der Waals surface area contributed by atoms with Crippen LogP contribution in [0.15, 0.2) is 47.4 Å². The summed E-state index contributed by atoms with van der Waals surface area (Å²) < 4.78 is 27.3. The molecule has 0 unspecified atom stereocenters. The van der Waals surface area contributed by atoms with Crippen LogP contribution in [0.25, 0.3) is 0 Å². The monoisotopic (exact) mass is 389 g/mol. The summed E-state index contributed by atoms with van der Waals surface area (Å²) in [4.78, 5) is 24.7. The van der Waals surface area contributed by atoms with Crippen LogP contribution in [-0.2, 0) is 20.3 Å². The second-order valence-corrected chi connectivity index (χ2v) is 7.28. The zero-order valence-corrected chi connectivity index (χ0v) is 15.7. The first-order chi connectivity index (χ1) is 13.0. The minimum absolute atomic E-state index is 0.180. The van der Waals surface area contributed by atoms with Gasteiger partial charge in [0.15, 0.2) is 18.1 Å². The van der Waals surface area contributed by atoms with Gasteiger partial charge in [-0.3, -0.25) is 9.00 Å². The van der Waals surface area contributed by atoms with Crippen LogP contribution < -0.4 is 14.8 Å². The van der Waals surface area contributed by atoms with Crippen LogP contribution in [0, 0.1) is 0 Å². The van der Waals surface area contributed by atoms with Crippen molar-refractivity contribution in [1.82, 2.24) is 5.32 Å². The van der Waals surface area contributed by atoms with E-state index in [0.717, 1.165) is 5.56 Å². The van der Waals surface area contributed by atoms with E-state index in [9.17, 15) is 13.8 Å². The number of rotatable bonds is 6. The number of hydrogen-bond acceptors (Lipinski definition) is 6. The molecule has 3 rings (SSSR count). The zero-order valence-electron chi connectivity index (χ0n) is 14.9. The van der Waals surface area contributed by atoms with Crippen LogP contribution in [0.1, 0.15) is 28.9 Å². The molecule has 7 nitrogen and oxygen atoms in total. The van der Waals surface area contributed by atoms with Gasteiger partial charge in [0.25, 0.3) is 5.91 Å². The van der Waals surface area contributed by atoms with E-state index >= 15 is 0 Å². The number of carbonyl (C=O) groups is 2. The Balaban J connectivity index is 1.57. The average molecular weight is 389 g/mol. The Hall–Kier alpha value is -2.87. The third-order valence-corrected chi connectivity index (χ3v) is 5.00. The van der Waals surface area contributed by atoms with E-state index in [0.29, 0.717) is 16.4 Å². The fourth-order valence-corrected chi connectivity index (χ4v) is 3.38. The van der Waals surface area contributed by atoms with Crippen molar-refractivity contribution in [2.75, 3.05) is 19.7 Å². The zero-order chi connectivity index (χ0) is 19.4. The highest BCUT2D eigenvalue weighted by Gasteiger charge is 2.19. The van der Waals surface area contributed by atoms with Gasteiger partial charge in [0, 0.05) is 6.26 Å². The fraction of sp³-hybridized carbons (Fsp3) is 0.263. The van der Waals surface area contributed by atoms with Gasteiger partial charge in [-0.05, 0) is 36.8 Å². The van der Waals surface area contributed by atoms with Crippen molar-refractivity contribution in [1.29, 1.82) is 0 Å². The number of amides is 1. The first-order valence-corrected chi connectivity index (χ1v) is 9.80. The van der Waals surface area contributed by atoms with E-state index in [2.05, 4.69) is 5.32 Å². The summed E-state index contributed by atoms with van der Waals surface area (Å²) in [5, 5.41) is 2.76. The van der Waals surface area contributed by atoms with Gasteiger partial charge in [-0.15, -0.1) is 0 Å². The fourth-order valence-electron chi connectivity index (χ4n) is 2.64. The normalized spacial score (nSPS) is 14.3. The van der Waals surface area contributed by atoms with E-state index < -0.39 is 29.3 Å². The molecular weight excluding hydrogens is 370 g/mol. The molecule has 142 valence electrons. The maximum atomic E-state index is 12.2. The van der Waals surface area contributed by atoms with Crippen LogP contribution in [0.5, 0.6) is 11.5 Å². The van der Waals surface area contributed by atoms with Crippen LogP contribution in [-0.4, -0.2) is 35.7 Å². The Kier molecular flexibility index (Phi) is 5.75. The lowest BCUT2D eigenvalue weighted by Gasteiger charge is -2.15. The lowest BCUT2D eigenvalue weighted by Crippen LogP contribution is -2.31. The van der Waals surface area contributed by atoms with Gasteiger partial charge in [0.1, 0.15) is 0 Å². The van der Waals surface area contributed by atoms with E-state index in [-0.39, 0.29) is 18.4 Å². The molecule has 0 bridgehead atoms. The van der Waals surface area contributed by atoms with Gasteiger partial charge >= 0.3 is 5.97 Å². The van der Waals surface area contributed by atoms with Gasteiger partial charge in [-0.25, -0.2) is 4.79 Å². The lowest BCUT2D eigenvalue weighted by atomic mass is 10.1. The topological polar surface area (TPSA) is 90.9 Å². The van der Waals surface area contributed by atoms with Gasteiger partial charge in [-0.2, -0.15) is 0 Å². The highest BCUT2D eigenvalue weighted by Crippen LogP contribution is 2.34. The first kappa shape index (κ1) is 18.9. The minimum Gasteiger partial charge on any atom is -0.454 e. The van der Waals surface area contributed by atoms with Crippen molar-refractivity contribution in [2.45, 2.75) is 17.9 Å². The minimum atomic E-state index is -1.33. The van der Waals surface area contributed by atoms with Gasteiger partial charge in [-0.1, -0.05) is 18.2 Å². The van der Waals surface area contributed by atoms with Gasteiger partial charge < -0.3 is 19.5 Å². The van der Waals surface area contributed by atoms with Crippen molar-refractivity contribution in [3.05, 3.63) is 53.6 Å². The van der Waals surface area contributed by atoms with E-state index in [1.54, 1.807) is 30.3 Å². The summed E-state index contributed by atoms with van der Waals surface area (Å²) >= 11 is 0. The maximum Gasteiger partial charge on any atom is 0.339 e. The van der Waals surface area contributed by atoms with Crippen molar-refractivity contribution >= 4 is 22.7 Å². The average Bonchev–Trinajstić information content (AvgIpc) is 3.13. The summed E-state index contributed by atoms with van der Waals surface area (Å²) in [7, 11) is -1.33. The number of ether oxygens (including phenoxy) is 3. The Morgan fingerprint density at radius 1 is 1.19 bits per heavy atom. The van der Waals surface area contributed by atoms with Gasteiger partial charge in [0.05, 0.1) is 27.3 Å². The molecular formula is C19H19NO6S. The number of hydrogen-bond donors (Lipinski definition) is 1. The molecule has 2 atom stereocenters.